The maximum absolute atomic E-state index is 12.1. The molecule has 0 saturated carbocycles. The number of thiazole rings is 1. The van der Waals surface area contributed by atoms with Crippen LogP contribution >= 0.6 is 11.3 Å². The summed E-state index contributed by atoms with van der Waals surface area (Å²) in [6, 6.07) is 6.24. The molecule has 0 aliphatic carbocycles. The predicted molar refractivity (Wildman–Crippen MR) is 96.8 cm³/mol. The van der Waals surface area contributed by atoms with Crippen molar-refractivity contribution in [1.29, 1.82) is 0 Å². The Labute approximate surface area is 141 Å². The van der Waals surface area contributed by atoms with Crippen LogP contribution in [-0.2, 0) is 10.0 Å². The Morgan fingerprint density at radius 2 is 2.17 bits per heavy atom. The standard InChI is InChI=1S/C16H23N3O2S2/c1-11(2)23(20,21)18-13-5-4-8-19(10-13)16-17-14-7-6-12(3)9-15(14)22-16/h6-7,9,11,13,18H,4-5,8,10H2,1-3H3. The fraction of sp³-hybridized carbons (Fsp3) is 0.562. The molecule has 5 nitrogen and oxygen atoms in total. The first-order valence-electron chi connectivity index (χ1n) is 7.98. The van der Waals surface area contributed by atoms with Crippen molar-refractivity contribution in [1.82, 2.24) is 9.71 Å². The van der Waals surface area contributed by atoms with Crippen molar-refractivity contribution in [3.05, 3.63) is 23.8 Å². The molecule has 0 radical (unpaired) electrons. The predicted octanol–water partition coefficient (Wildman–Crippen LogP) is 2.90. The van der Waals surface area contributed by atoms with Gasteiger partial charge in [0.15, 0.2) is 5.13 Å². The number of rotatable bonds is 4. The zero-order valence-corrected chi connectivity index (χ0v) is 15.4. The number of nitrogens with zero attached hydrogens (tertiary/aromatic N) is 2. The Bertz CT molecular complexity index is 799. The second kappa shape index (κ2) is 6.37. The van der Waals surface area contributed by atoms with E-state index in [-0.39, 0.29) is 6.04 Å². The summed E-state index contributed by atoms with van der Waals surface area (Å²) < 4.78 is 28.2. The molecule has 3 rings (SSSR count). The van der Waals surface area contributed by atoms with Gasteiger partial charge in [0.25, 0.3) is 0 Å². The van der Waals surface area contributed by atoms with Gasteiger partial charge in [-0.2, -0.15) is 0 Å². The van der Waals surface area contributed by atoms with Gasteiger partial charge in [-0.15, -0.1) is 0 Å². The minimum absolute atomic E-state index is 0.0371. The van der Waals surface area contributed by atoms with E-state index in [9.17, 15) is 8.42 Å². The van der Waals surface area contributed by atoms with Crippen molar-refractivity contribution >= 4 is 36.7 Å². The van der Waals surface area contributed by atoms with Crippen LogP contribution in [0.15, 0.2) is 18.2 Å². The lowest BCUT2D eigenvalue weighted by Crippen LogP contribution is -2.49. The highest BCUT2D eigenvalue weighted by Gasteiger charge is 2.27. The van der Waals surface area contributed by atoms with Crippen LogP contribution < -0.4 is 9.62 Å². The summed E-state index contributed by atoms with van der Waals surface area (Å²) >= 11 is 1.68. The molecule has 1 fully saturated rings. The minimum atomic E-state index is -3.23. The quantitative estimate of drug-likeness (QED) is 0.918. The summed E-state index contributed by atoms with van der Waals surface area (Å²) in [7, 11) is -3.23. The summed E-state index contributed by atoms with van der Waals surface area (Å²) in [5.41, 5.74) is 2.24. The van der Waals surface area contributed by atoms with E-state index in [1.54, 1.807) is 25.2 Å². The molecule has 126 valence electrons. The lowest BCUT2D eigenvalue weighted by molar-refractivity contribution is 0.463. The van der Waals surface area contributed by atoms with E-state index in [0.29, 0.717) is 6.54 Å². The third-order valence-corrected chi connectivity index (χ3v) is 7.16. The molecule has 1 aliphatic heterocycles. The van der Waals surface area contributed by atoms with Crippen LogP contribution in [0.4, 0.5) is 5.13 Å². The average Bonchev–Trinajstić information content (AvgIpc) is 2.90. The number of piperidine rings is 1. The van der Waals surface area contributed by atoms with Gasteiger partial charge >= 0.3 is 0 Å². The molecular weight excluding hydrogens is 330 g/mol. The fourth-order valence-electron chi connectivity index (χ4n) is 2.77. The van der Waals surface area contributed by atoms with Crippen molar-refractivity contribution in [3.8, 4) is 0 Å². The minimum Gasteiger partial charge on any atom is -0.346 e. The summed E-state index contributed by atoms with van der Waals surface area (Å²) in [6.07, 6.45) is 1.85. The number of hydrogen-bond acceptors (Lipinski definition) is 5. The summed E-state index contributed by atoms with van der Waals surface area (Å²) in [5, 5.41) is 0.586. The molecule has 0 bridgehead atoms. The van der Waals surface area contributed by atoms with E-state index in [0.717, 1.165) is 30.0 Å². The van der Waals surface area contributed by atoms with Crippen LogP contribution in [0, 0.1) is 6.92 Å². The van der Waals surface area contributed by atoms with Gasteiger partial charge in [-0.3, -0.25) is 0 Å². The first-order chi connectivity index (χ1) is 10.8. The highest BCUT2D eigenvalue weighted by molar-refractivity contribution is 7.90. The Morgan fingerprint density at radius 1 is 1.39 bits per heavy atom. The third kappa shape index (κ3) is 3.67. The van der Waals surface area contributed by atoms with Crippen molar-refractivity contribution in [2.24, 2.45) is 0 Å². The highest BCUT2D eigenvalue weighted by Crippen LogP contribution is 2.31. The molecule has 0 amide bonds. The van der Waals surface area contributed by atoms with Gasteiger partial charge < -0.3 is 4.90 Å². The molecule has 1 aromatic carbocycles. The van der Waals surface area contributed by atoms with Crippen molar-refractivity contribution in [2.45, 2.75) is 44.9 Å². The van der Waals surface area contributed by atoms with E-state index in [1.165, 1.54) is 10.3 Å². The Balaban J connectivity index is 1.77. The van der Waals surface area contributed by atoms with E-state index in [1.807, 2.05) is 6.07 Å². The normalized spacial score (nSPS) is 19.7. The van der Waals surface area contributed by atoms with Crippen LogP contribution in [0.3, 0.4) is 0 Å². The van der Waals surface area contributed by atoms with E-state index >= 15 is 0 Å². The van der Waals surface area contributed by atoms with E-state index < -0.39 is 15.3 Å². The molecule has 7 heteroatoms. The first kappa shape index (κ1) is 16.7. The Hall–Kier alpha value is -1.18. The zero-order valence-electron chi connectivity index (χ0n) is 13.7. The molecule has 1 aromatic heterocycles. The van der Waals surface area contributed by atoms with Gasteiger partial charge in [0, 0.05) is 19.1 Å². The maximum Gasteiger partial charge on any atom is 0.214 e. The lowest BCUT2D eigenvalue weighted by atomic mass is 10.1. The summed E-state index contributed by atoms with van der Waals surface area (Å²) in [6.45, 7) is 7.11. The van der Waals surface area contributed by atoms with Gasteiger partial charge in [0.05, 0.1) is 15.5 Å². The number of aryl methyl sites for hydroxylation is 1. The Kier molecular flexibility index (Phi) is 4.62. The zero-order chi connectivity index (χ0) is 16.6. The number of hydrogen-bond donors (Lipinski definition) is 1. The van der Waals surface area contributed by atoms with E-state index in [2.05, 4.69) is 28.7 Å². The molecule has 1 N–H and O–H groups in total. The molecule has 1 aliphatic rings. The van der Waals surface area contributed by atoms with Gasteiger partial charge in [0.1, 0.15) is 0 Å². The number of sulfonamides is 1. The van der Waals surface area contributed by atoms with Gasteiger partial charge in [-0.25, -0.2) is 18.1 Å². The third-order valence-electron chi connectivity index (χ3n) is 4.18. The highest BCUT2D eigenvalue weighted by atomic mass is 32.2. The first-order valence-corrected chi connectivity index (χ1v) is 10.3. The largest absolute Gasteiger partial charge is 0.346 e. The van der Waals surface area contributed by atoms with Crippen molar-refractivity contribution in [3.63, 3.8) is 0 Å². The molecule has 1 atom stereocenters. The second-order valence-corrected chi connectivity index (χ2v) is 9.74. The second-order valence-electron chi connectivity index (χ2n) is 6.46. The number of nitrogens with one attached hydrogen (secondary N) is 1. The molecular formula is C16H23N3O2S2. The number of anilines is 1. The smallest absolute Gasteiger partial charge is 0.214 e. The average molecular weight is 354 g/mol. The number of aromatic nitrogens is 1. The Morgan fingerprint density at radius 3 is 2.91 bits per heavy atom. The molecule has 2 heterocycles. The maximum atomic E-state index is 12.1. The van der Waals surface area contributed by atoms with Gasteiger partial charge in [-0.05, 0) is 51.3 Å². The summed E-state index contributed by atoms with van der Waals surface area (Å²) in [4.78, 5) is 6.92. The molecule has 0 spiro atoms. The molecule has 1 unspecified atom stereocenters. The van der Waals surface area contributed by atoms with Crippen LogP contribution in [0.2, 0.25) is 0 Å². The number of fused-ring (bicyclic) bond motifs is 1. The monoisotopic (exact) mass is 353 g/mol. The van der Waals surface area contributed by atoms with Crippen LogP contribution in [0.5, 0.6) is 0 Å². The van der Waals surface area contributed by atoms with Crippen molar-refractivity contribution in [2.75, 3.05) is 18.0 Å². The van der Waals surface area contributed by atoms with E-state index in [4.69, 9.17) is 4.98 Å². The van der Waals surface area contributed by atoms with Gasteiger partial charge in [0.2, 0.25) is 10.0 Å². The lowest BCUT2D eigenvalue weighted by Gasteiger charge is -2.33. The fourth-order valence-corrected chi connectivity index (χ4v) is 4.80. The van der Waals surface area contributed by atoms with Crippen molar-refractivity contribution < 1.29 is 8.42 Å². The van der Waals surface area contributed by atoms with Crippen LogP contribution in [-0.4, -0.2) is 37.8 Å². The van der Waals surface area contributed by atoms with Crippen LogP contribution in [0.25, 0.3) is 10.2 Å². The van der Waals surface area contributed by atoms with Crippen LogP contribution in [0.1, 0.15) is 32.3 Å². The summed E-state index contributed by atoms with van der Waals surface area (Å²) in [5.74, 6) is 0. The molecule has 1 saturated heterocycles. The SMILES string of the molecule is Cc1ccc2nc(N3CCCC(NS(=O)(=O)C(C)C)C3)sc2c1. The molecule has 2 aromatic rings. The van der Waals surface area contributed by atoms with Gasteiger partial charge in [-0.1, -0.05) is 17.4 Å². The topological polar surface area (TPSA) is 62.3 Å². The molecule has 23 heavy (non-hydrogen) atoms. The number of benzene rings is 1.